The van der Waals surface area contributed by atoms with Gasteiger partial charge in [-0.05, 0) is 38.8 Å². The molecule has 14 heteroatoms. The van der Waals surface area contributed by atoms with Gasteiger partial charge in [-0.3, -0.25) is 9.79 Å². The van der Waals surface area contributed by atoms with Gasteiger partial charge in [-0.1, -0.05) is 26.7 Å². The lowest BCUT2D eigenvalue weighted by Crippen LogP contribution is -2.40. The number of ether oxygens (including phenoxy) is 2. The van der Waals surface area contributed by atoms with Gasteiger partial charge in [0.15, 0.2) is 5.96 Å². The molecule has 14 nitrogen and oxygen atoms in total. The molecule has 0 aliphatic carbocycles. The molecule has 0 spiro atoms. The van der Waals surface area contributed by atoms with Crippen LogP contribution in [0.4, 0.5) is 9.59 Å². The van der Waals surface area contributed by atoms with Gasteiger partial charge in [0.05, 0.1) is 13.1 Å². The van der Waals surface area contributed by atoms with E-state index >= 15 is 0 Å². The number of carbonyl (C=O) groups excluding carboxylic acids is 3. The Bertz CT molecular complexity index is 523. The van der Waals surface area contributed by atoms with Gasteiger partial charge in [-0.25, -0.2) is 9.59 Å². The Morgan fingerprint density at radius 3 is 1.94 bits per heavy atom. The van der Waals surface area contributed by atoms with Gasteiger partial charge in [-0.2, -0.15) is 0 Å². The van der Waals surface area contributed by atoms with Crippen molar-refractivity contribution in [3.05, 3.63) is 0 Å². The van der Waals surface area contributed by atoms with Gasteiger partial charge in [0.1, 0.15) is 13.2 Å². The summed E-state index contributed by atoms with van der Waals surface area (Å²) in [5.74, 6) is -0.458. The number of nitrogens with one attached hydrogen (secondary N) is 2. The molecule has 0 aliphatic heterocycles. The topological polar surface area (TPSA) is 262 Å². The van der Waals surface area contributed by atoms with Crippen LogP contribution in [0.15, 0.2) is 4.99 Å². The monoisotopic (exact) mass is 493 g/mol. The number of primary amides is 1. The summed E-state index contributed by atoms with van der Waals surface area (Å²) in [5.41, 5.74) is 31.1. The Morgan fingerprint density at radius 2 is 1.50 bits per heavy atom. The summed E-state index contributed by atoms with van der Waals surface area (Å²) in [6, 6.07) is -0.357. The molecule has 1 unspecified atom stereocenters. The third-order valence-corrected chi connectivity index (χ3v) is 3.63. The first kappa shape index (κ1) is 35.7. The predicted octanol–water partition coefficient (Wildman–Crippen LogP) is -1.20. The van der Waals surface area contributed by atoms with E-state index in [1.807, 2.05) is 0 Å². The Morgan fingerprint density at radius 1 is 0.912 bits per heavy atom. The molecule has 1 atom stereocenters. The second kappa shape index (κ2) is 28.2. The normalized spacial score (nSPS) is 10.3. The van der Waals surface area contributed by atoms with E-state index in [9.17, 15) is 14.4 Å². The number of amides is 3. The smallest absolute Gasteiger partial charge is 0.407 e. The van der Waals surface area contributed by atoms with Crippen molar-refractivity contribution in [2.45, 2.75) is 58.4 Å². The first-order chi connectivity index (χ1) is 16.1. The number of rotatable bonds is 15. The number of aliphatic imine (C=N–C) groups is 1. The van der Waals surface area contributed by atoms with Crippen LogP contribution in [0.25, 0.3) is 0 Å². The van der Waals surface area contributed by atoms with Crippen LogP contribution < -0.4 is 45.0 Å². The molecule has 0 saturated heterocycles. The van der Waals surface area contributed by atoms with Gasteiger partial charge in [0.25, 0.3) is 0 Å². The number of nitrogens with zero attached hydrogens (tertiary/aromatic N) is 1. The minimum absolute atomic E-state index is 0.00171. The zero-order valence-electron chi connectivity index (χ0n) is 20.7. The van der Waals surface area contributed by atoms with Crippen LogP contribution in [-0.4, -0.2) is 76.0 Å². The molecular formula is C20H47N9O5. The predicted molar refractivity (Wildman–Crippen MR) is 134 cm³/mol. The number of carbonyl (C=O) groups is 3. The zero-order valence-corrected chi connectivity index (χ0v) is 20.7. The molecule has 0 saturated carbocycles. The lowest BCUT2D eigenvalue weighted by Gasteiger charge is -2.12. The number of hydrogen-bond acceptors (Lipinski definition) is 9. The van der Waals surface area contributed by atoms with Crippen LogP contribution in [0, 0.1) is 0 Å². The maximum Gasteiger partial charge on any atom is 0.407 e. The molecule has 0 aliphatic rings. The lowest BCUT2D eigenvalue weighted by molar-refractivity contribution is -0.120. The van der Waals surface area contributed by atoms with Gasteiger partial charge < -0.3 is 54.5 Å². The number of guanidine groups is 1. The van der Waals surface area contributed by atoms with Gasteiger partial charge in [-0.15, -0.1) is 0 Å². The third kappa shape index (κ3) is 36.5. The summed E-state index contributed by atoms with van der Waals surface area (Å²) in [7, 11) is 0. The minimum Gasteiger partial charge on any atom is -0.448 e. The molecule has 0 aromatic heterocycles. The second-order valence-electron chi connectivity index (χ2n) is 6.96. The summed E-state index contributed by atoms with van der Waals surface area (Å²) >= 11 is 0. The number of hydrogen-bond donors (Lipinski definition) is 8. The molecule has 3 amide bonds. The van der Waals surface area contributed by atoms with Gasteiger partial charge >= 0.3 is 12.2 Å². The maximum absolute atomic E-state index is 11.4. The first-order valence-corrected chi connectivity index (χ1v) is 11.4. The quantitative estimate of drug-likeness (QED) is 0.0766. The van der Waals surface area contributed by atoms with Gasteiger partial charge in [0, 0.05) is 12.6 Å². The van der Waals surface area contributed by atoms with Gasteiger partial charge in [0.2, 0.25) is 5.91 Å². The van der Waals surface area contributed by atoms with Crippen LogP contribution in [0.1, 0.15) is 52.4 Å². The Labute approximate surface area is 202 Å². The van der Waals surface area contributed by atoms with Crippen molar-refractivity contribution >= 4 is 24.1 Å². The van der Waals surface area contributed by atoms with Crippen LogP contribution in [0.2, 0.25) is 0 Å². The summed E-state index contributed by atoms with van der Waals surface area (Å²) in [4.78, 5) is 36.8. The molecule has 0 aromatic rings. The van der Waals surface area contributed by atoms with Crippen molar-refractivity contribution < 1.29 is 23.9 Å². The molecule has 34 heavy (non-hydrogen) atoms. The highest BCUT2D eigenvalue weighted by Gasteiger charge is 2.09. The second-order valence-corrected chi connectivity index (χ2v) is 6.96. The Hall–Kier alpha value is -2.84. The molecular weight excluding hydrogens is 446 g/mol. The fraction of sp³-hybridized carbons (Fsp3) is 0.800. The molecule has 0 aromatic carbocycles. The van der Waals surface area contributed by atoms with Crippen molar-refractivity contribution in [1.82, 2.24) is 10.6 Å². The summed E-state index contributed by atoms with van der Waals surface area (Å²) in [5, 5.41) is 4.66. The highest BCUT2D eigenvalue weighted by Crippen LogP contribution is 1.96. The first-order valence-electron chi connectivity index (χ1n) is 11.4. The SMILES string of the molecule is CCCCN.CCCCN.NC(=O)OCCNC(=O)CNC(=O)OCC(N)CCCN=C(N)N. The number of nitrogens with two attached hydrogens (primary N) is 6. The largest absolute Gasteiger partial charge is 0.448 e. The van der Waals surface area contributed by atoms with Crippen molar-refractivity contribution in [3.63, 3.8) is 0 Å². The molecule has 0 rings (SSSR count). The Kier molecular flexibility index (Phi) is 29.6. The summed E-state index contributed by atoms with van der Waals surface area (Å²) in [6.45, 7) is 6.14. The molecule has 0 radical (unpaired) electrons. The maximum atomic E-state index is 11.4. The molecule has 14 N–H and O–H groups in total. The Balaban J connectivity index is -0.000000799. The van der Waals surface area contributed by atoms with Crippen molar-refractivity contribution in [1.29, 1.82) is 0 Å². The van der Waals surface area contributed by atoms with E-state index in [0.29, 0.717) is 19.4 Å². The fourth-order valence-electron chi connectivity index (χ4n) is 1.84. The van der Waals surface area contributed by atoms with E-state index in [0.717, 1.165) is 13.1 Å². The van der Waals surface area contributed by atoms with Crippen LogP contribution in [0.5, 0.6) is 0 Å². The highest BCUT2D eigenvalue weighted by atomic mass is 16.6. The zero-order chi connectivity index (χ0) is 26.6. The van der Waals surface area contributed by atoms with Crippen LogP contribution in [-0.2, 0) is 14.3 Å². The number of unbranched alkanes of at least 4 members (excludes halogenated alkanes) is 2. The van der Waals surface area contributed by atoms with E-state index in [-0.39, 0.29) is 38.3 Å². The van der Waals surface area contributed by atoms with E-state index in [1.165, 1.54) is 25.7 Å². The average molecular weight is 494 g/mol. The lowest BCUT2D eigenvalue weighted by atomic mass is 10.2. The molecule has 202 valence electrons. The summed E-state index contributed by atoms with van der Waals surface area (Å²) < 4.78 is 9.28. The van der Waals surface area contributed by atoms with Crippen LogP contribution in [0.3, 0.4) is 0 Å². The summed E-state index contributed by atoms with van der Waals surface area (Å²) in [6.07, 6.45) is 4.30. The molecule has 0 bridgehead atoms. The van der Waals surface area contributed by atoms with E-state index in [2.05, 4.69) is 34.2 Å². The van der Waals surface area contributed by atoms with Crippen LogP contribution >= 0.6 is 0 Å². The van der Waals surface area contributed by atoms with E-state index < -0.39 is 18.1 Å². The standard InChI is InChI=1S/C12H25N7O5.2C4H11N/c13-8(2-1-3-18-10(14)15)7-24-12(22)19-6-9(20)17-4-5-23-11(16)21;2*1-2-3-4-5/h8H,1-7,13H2,(H2,16,21)(H,17,20)(H,19,22)(H4,14,15,18);2*2-5H2,1H3. The van der Waals surface area contributed by atoms with E-state index in [4.69, 9.17) is 39.1 Å². The average Bonchev–Trinajstić information content (AvgIpc) is 2.78. The van der Waals surface area contributed by atoms with E-state index in [1.54, 1.807) is 0 Å². The third-order valence-electron chi connectivity index (χ3n) is 3.63. The fourth-order valence-corrected chi connectivity index (χ4v) is 1.84. The van der Waals surface area contributed by atoms with Crippen molar-refractivity contribution in [2.24, 2.45) is 39.4 Å². The molecule has 0 heterocycles. The molecule has 0 fully saturated rings. The van der Waals surface area contributed by atoms with Crippen molar-refractivity contribution in [3.8, 4) is 0 Å². The minimum atomic E-state index is -0.930. The highest BCUT2D eigenvalue weighted by molar-refractivity contribution is 5.82. The number of alkyl carbamates (subject to hydrolysis) is 1. The van der Waals surface area contributed by atoms with Crippen molar-refractivity contribution in [2.75, 3.05) is 45.9 Å².